The molecule has 4 aromatic rings. The van der Waals surface area contributed by atoms with Crippen molar-refractivity contribution >= 4 is 5.52 Å². The van der Waals surface area contributed by atoms with Gasteiger partial charge in [-0.05, 0) is 47.4 Å². The summed E-state index contributed by atoms with van der Waals surface area (Å²) in [6.07, 6.45) is 2.62. The summed E-state index contributed by atoms with van der Waals surface area (Å²) in [5.74, 6) is 1.20. The predicted molar refractivity (Wildman–Crippen MR) is 117 cm³/mol. The number of aromatic nitrogens is 3. The van der Waals surface area contributed by atoms with Gasteiger partial charge in [0.25, 0.3) is 5.56 Å². The number of ether oxygens (including phenoxy) is 1. The summed E-state index contributed by atoms with van der Waals surface area (Å²) in [4.78, 5) is 13.0. The Labute approximate surface area is 175 Å². The molecule has 6 heteroatoms. The summed E-state index contributed by atoms with van der Waals surface area (Å²) in [6, 6.07) is 17.2. The normalized spacial score (nSPS) is 12.4. The van der Waals surface area contributed by atoms with Crippen LogP contribution in [0.5, 0.6) is 5.75 Å². The first-order chi connectivity index (χ1) is 14.5. The van der Waals surface area contributed by atoms with E-state index in [-0.39, 0.29) is 12.1 Å². The van der Waals surface area contributed by atoms with Crippen LogP contribution in [0.25, 0.3) is 16.8 Å². The molecule has 1 atom stereocenters. The van der Waals surface area contributed by atoms with Crippen molar-refractivity contribution in [3.05, 3.63) is 88.5 Å². The molecule has 0 aliphatic rings. The molecule has 154 valence electrons. The maximum absolute atomic E-state index is 13.0. The molecule has 0 spiro atoms. The molecule has 0 bridgehead atoms. The number of aliphatic hydroxyl groups excluding tert-OH is 1. The van der Waals surface area contributed by atoms with Crippen LogP contribution in [-0.4, -0.2) is 26.4 Å². The van der Waals surface area contributed by atoms with E-state index < -0.39 is 6.10 Å². The molecule has 2 aromatic heterocycles. The minimum absolute atomic E-state index is 0.180. The summed E-state index contributed by atoms with van der Waals surface area (Å²) in [7, 11) is 1.62. The number of benzene rings is 2. The van der Waals surface area contributed by atoms with Gasteiger partial charge < -0.3 is 14.4 Å². The summed E-state index contributed by atoms with van der Waals surface area (Å²) in [5.41, 5.74) is 3.88. The van der Waals surface area contributed by atoms with Gasteiger partial charge in [-0.15, -0.1) is 0 Å². The molecule has 0 radical (unpaired) electrons. The van der Waals surface area contributed by atoms with Gasteiger partial charge in [0.05, 0.1) is 25.5 Å². The average molecular weight is 403 g/mol. The van der Waals surface area contributed by atoms with Crippen molar-refractivity contribution in [2.24, 2.45) is 0 Å². The van der Waals surface area contributed by atoms with Crippen LogP contribution in [0.2, 0.25) is 0 Å². The van der Waals surface area contributed by atoms with Crippen LogP contribution in [-0.2, 0) is 6.54 Å². The Kier molecular flexibility index (Phi) is 5.42. The van der Waals surface area contributed by atoms with E-state index in [4.69, 9.17) is 4.74 Å². The van der Waals surface area contributed by atoms with Gasteiger partial charge in [0.1, 0.15) is 11.3 Å². The van der Waals surface area contributed by atoms with Gasteiger partial charge in [-0.3, -0.25) is 4.79 Å². The third-order valence-corrected chi connectivity index (χ3v) is 5.35. The third kappa shape index (κ3) is 3.86. The van der Waals surface area contributed by atoms with Crippen molar-refractivity contribution in [2.45, 2.75) is 32.4 Å². The second kappa shape index (κ2) is 8.16. The Morgan fingerprint density at radius 1 is 1.00 bits per heavy atom. The van der Waals surface area contributed by atoms with E-state index >= 15 is 0 Å². The van der Waals surface area contributed by atoms with Crippen LogP contribution in [0.15, 0.2) is 71.8 Å². The molecule has 0 saturated carbocycles. The summed E-state index contributed by atoms with van der Waals surface area (Å²) < 4.78 is 8.28. The summed E-state index contributed by atoms with van der Waals surface area (Å²) in [6.45, 7) is 4.44. The molecular formula is C24H25N3O3. The molecule has 0 fully saturated rings. The van der Waals surface area contributed by atoms with Crippen molar-refractivity contribution in [3.63, 3.8) is 0 Å². The average Bonchev–Trinajstić information content (AvgIpc) is 3.21. The van der Waals surface area contributed by atoms with E-state index in [2.05, 4.69) is 18.9 Å². The number of methoxy groups -OCH3 is 1. The number of aliphatic hydroxyl groups is 1. The van der Waals surface area contributed by atoms with Crippen LogP contribution < -0.4 is 10.3 Å². The van der Waals surface area contributed by atoms with E-state index in [1.165, 1.54) is 10.1 Å². The zero-order valence-electron chi connectivity index (χ0n) is 17.3. The van der Waals surface area contributed by atoms with Gasteiger partial charge in [-0.1, -0.05) is 38.1 Å². The molecule has 2 heterocycles. The highest BCUT2D eigenvalue weighted by Gasteiger charge is 2.13. The van der Waals surface area contributed by atoms with E-state index in [0.717, 1.165) is 16.9 Å². The Morgan fingerprint density at radius 2 is 1.67 bits per heavy atom. The fourth-order valence-electron chi connectivity index (χ4n) is 3.47. The first-order valence-corrected chi connectivity index (χ1v) is 9.97. The maximum Gasteiger partial charge on any atom is 0.276 e. The lowest BCUT2D eigenvalue weighted by molar-refractivity contribution is 0.155. The number of fused-ring (bicyclic) bond motifs is 1. The van der Waals surface area contributed by atoms with Crippen molar-refractivity contribution < 1.29 is 9.84 Å². The fraction of sp³-hybridized carbons (Fsp3) is 0.250. The maximum atomic E-state index is 13.0. The molecule has 0 amide bonds. The van der Waals surface area contributed by atoms with E-state index in [9.17, 15) is 9.90 Å². The van der Waals surface area contributed by atoms with Gasteiger partial charge in [0.2, 0.25) is 0 Å². The smallest absolute Gasteiger partial charge is 0.276 e. The minimum Gasteiger partial charge on any atom is -0.497 e. The Hall–Kier alpha value is -3.38. The fourth-order valence-corrected chi connectivity index (χ4v) is 3.47. The van der Waals surface area contributed by atoms with Crippen molar-refractivity contribution in [1.82, 2.24) is 14.2 Å². The van der Waals surface area contributed by atoms with Gasteiger partial charge in [0, 0.05) is 18.0 Å². The molecule has 0 saturated heterocycles. The standard InChI is InChI=1S/C24H25N3O3/c1-16(2)17-4-6-19(7-5-17)23(28)15-26-12-13-27-22(24(26)29)14-21(25-27)18-8-10-20(30-3)11-9-18/h4-14,16,23,28H,15H2,1-3H3/t23-/m0/s1. The van der Waals surface area contributed by atoms with Crippen molar-refractivity contribution in [3.8, 4) is 17.0 Å². The molecule has 6 nitrogen and oxygen atoms in total. The highest BCUT2D eigenvalue weighted by Crippen LogP contribution is 2.22. The summed E-state index contributed by atoms with van der Waals surface area (Å²) in [5, 5.41) is 15.1. The van der Waals surface area contributed by atoms with Crippen LogP contribution in [0.3, 0.4) is 0 Å². The topological polar surface area (TPSA) is 68.8 Å². The molecule has 0 unspecified atom stereocenters. The third-order valence-electron chi connectivity index (χ3n) is 5.35. The predicted octanol–water partition coefficient (Wildman–Crippen LogP) is 4.03. The quantitative estimate of drug-likeness (QED) is 0.528. The SMILES string of the molecule is COc1ccc(-c2cc3c(=O)n(C[C@H](O)c4ccc(C(C)C)cc4)ccn3n2)cc1. The minimum atomic E-state index is -0.768. The van der Waals surface area contributed by atoms with Gasteiger partial charge >= 0.3 is 0 Å². The van der Waals surface area contributed by atoms with Crippen LogP contribution in [0.4, 0.5) is 0 Å². The van der Waals surface area contributed by atoms with Gasteiger partial charge in [-0.25, -0.2) is 4.52 Å². The van der Waals surface area contributed by atoms with Gasteiger partial charge in [-0.2, -0.15) is 5.10 Å². The second-order valence-corrected chi connectivity index (χ2v) is 7.68. The Balaban J connectivity index is 1.60. The van der Waals surface area contributed by atoms with Crippen LogP contribution in [0.1, 0.15) is 37.0 Å². The lowest BCUT2D eigenvalue weighted by Crippen LogP contribution is -2.24. The molecule has 2 aromatic carbocycles. The van der Waals surface area contributed by atoms with Crippen molar-refractivity contribution in [1.29, 1.82) is 0 Å². The van der Waals surface area contributed by atoms with Gasteiger partial charge in [0.15, 0.2) is 0 Å². The number of rotatable bonds is 6. The van der Waals surface area contributed by atoms with Crippen LogP contribution >= 0.6 is 0 Å². The molecule has 0 aliphatic carbocycles. The molecular weight excluding hydrogens is 378 g/mol. The number of nitrogens with zero attached hydrogens (tertiary/aromatic N) is 3. The lowest BCUT2D eigenvalue weighted by Gasteiger charge is -2.14. The van der Waals surface area contributed by atoms with E-state index in [1.54, 1.807) is 30.1 Å². The molecule has 4 rings (SSSR count). The molecule has 30 heavy (non-hydrogen) atoms. The zero-order chi connectivity index (χ0) is 21.3. The molecule has 1 N–H and O–H groups in total. The zero-order valence-corrected chi connectivity index (χ0v) is 17.3. The monoisotopic (exact) mass is 403 g/mol. The Morgan fingerprint density at radius 3 is 2.30 bits per heavy atom. The number of hydrogen-bond acceptors (Lipinski definition) is 4. The molecule has 0 aliphatic heterocycles. The largest absolute Gasteiger partial charge is 0.497 e. The van der Waals surface area contributed by atoms with E-state index in [1.807, 2.05) is 48.5 Å². The van der Waals surface area contributed by atoms with E-state index in [0.29, 0.717) is 17.1 Å². The highest BCUT2D eigenvalue weighted by molar-refractivity contribution is 5.66. The first-order valence-electron chi connectivity index (χ1n) is 9.97. The highest BCUT2D eigenvalue weighted by atomic mass is 16.5. The Bertz CT molecular complexity index is 1210. The van der Waals surface area contributed by atoms with Crippen LogP contribution in [0, 0.1) is 0 Å². The van der Waals surface area contributed by atoms with Crippen molar-refractivity contribution in [2.75, 3.05) is 7.11 Å². The first kappa shape index (κ1) is 19.9. The summed E-state index contributed by atoms with van der Waals surface area (Å²) >= 11 is 0. The lowest BCUT2D eigenvalue weighted by atomic mass is 10.00. The second-order valence-electron chi connectivity index (χ2n) is 7.68. The number of hydrogen-bond donors (Lipinski definition) is 1.